The van der Waals surface area contributed by atoms with Gasteiger partial charge in [0.2, 0.25) is 5.91 Å². The molecular weight excluding hydrogens is 364 g/mol. The molecule has 3 heterocycles. The second-order valence-corrected chi connectivity index (χ2v) is 8.59. The molecule has 2 aromatic rings. The maximum atomic E-state index is 12.9. The summed E-state index contributed by atoms with van der Waals surface area (Å²) in [6.45, 7) is 6.79. The van der Waals surface area contributed by atoms with Gasteiger partial charge in [-0.25, -0.2) is 0 Å². The highest BCUT2D eigenvalue weighted by Crippen LogP contribution is 2.36. The molecule has 6 nitrogen and oxygen atoms in total. The predicted octanol–water partition coefficient (Wildman–Crippen LogP) is 4.07. The zero-order valence-electron chi connectivity index (χ0n) is 17.4. The molecule has 1 aliphatic carbocycles. The van der Waals surface area contributed by atoms with Crippen molar-refractivity contribution in [3.05, 3.63) is 41.0 Å². The Morgan fingerprint density at radius 2 is 2.07 bits per heavy atom. The molecule has 1 N–H and O–H groups in total. The maximum absolute atomic E-state index is 12.9. The third kappa shape index (κ3) is 4.11. The van der Waals surface area contributed by atoms with Crippen molar-refractivity contribution in [3.8, 4) is 6.07 Å². The molecule has 2 fully saturated rings. The number of carbonyl (C=O) groups is 1. The number of aromatic nitrogens is 1. The number of nitriles is 1. The summed E-state index contributed by atoms with van der Waals surface area (Å²) in [7, 11) is 0. The number of piperidine rings is 1. The highest BCUT2D eigenvalue weighted by atomic mass is 16.3. The summed E-state index contributed by atoms with van der Waals surface area (Å²) in [5, 5.41) is 12.7. The predicted molar refractivity (Wildman–Crippen MR) is 112 cm³/mol. The topological polar surface area (TPSA) is 74.2 Å². The summed E-state index contributed by atoms with van der Waals surface area (Å²) in [5.41, 5.74) is 2.40. The Morgan fingerprint density at radius 3 is 2.79 bits per heavy atom. The molecule has 1 amide bonds. The first-order valence-corrected chi connectivity index (χ1v) is 10.7. The van der Waals surface area contributed by atoms with Gasteiger partial charge in [-0.2, -0.15) is 5.26 Å². The first-order valence-electron chi connectivity index (χ1n) is 10.7. The van der Waals surface area contributed by atoms with Crippen LogP contribution in [0.1, 0.15) is 54.7 Å². The fourth-order valence-electron chi connectivity index (χ4n) is 5.08. The van der Waals surface area contributed by atoms with Crippen molar-refractivity contribution in [2.75, 3.05) is 25.0 Å². The quantitative estimate of drug-likeness (QED) is 0.830. The van der Waals surface area contributed by atoms with Gasteiger partial charge in [0.1, 0.15) is 17.6 Å². The Balaban J connectivity index is 1.47. The van der Waals surface area contributed by atoms with Crippen molar-refractivity contribution >= 4 is 11.7 Å². The van der Waals surface area contributed by atoms with E-state index in [4.69, 9.17) is 4.42 Å². The van der Waals surface area contributed by atoms with E-state index < -0.39 is 0 Å². The van der Waals surface area contributed by atoms with Crippen LogP contribution in [0, 0.1) is 37.0 Å². The molecular formula is C23H30N4O2. The number of hydrogen-bond donors (Lipinski definition) is 1. The van der Waals surface area contributed by atoms with Gasteiger partial charge in [-0.05, 0) is 62.8 Å². The zero-order chi connectivity index (χ0) is 20.4. The molecule has 0 radical (unpaired) electrons. The second kappa shape index (κ2) is 8.46. The van der Waals surface area contributed by atoms with Crippen LogP contribution < -0.4 is 5.32 Å². The minimum Gasteiger partial charge on any atom is -0.467 e. The van der Waals surface area contributed by atoms with Gasteiger partial charge in [0.05, 0.1) is 24.9 Å². The van der Waals surface area contributed by atoms with Gasteiger partial charge in [0, 0.05) is 12.2 Å². The van der Waals surface area contributed by atoms with E-state index in [1.54, 1.807) is 6.26 Å². The van der Waals surface area contributed by atoms with E-state index in [1.807, 2.05) is 30.5 Å². The van der Waals surface area contributed by atoms with Crippen LogP contribution in [0.5, 0.6) is 0 Å². The number of nitrogens with zero attached hydrogens (tertiary/aromatic N) is 3. The minimum absolute atomic E-state index is 0.0473. The van der Waals surface area contributed by atoms with Crippen LogP contribution >= 0.6 is 0 Å². The number of fused-ring (bicyclic) bond motifs is 1. The molecule has 1 saturated carbocycles. The van der Waals surface area contributed by atoms with Crippen molar-refractivity contribution in [3.63, 3.8) is 0 Å². The summed E-state index contributed by atoms with van der Waals surface area (Å²) < 4.78 is 7.45. The Bertz CT molecular complexity index is 906. The van der Waals surface area contributed by atoms with Gasteiger partial charge in [-0.1, -0.05) is 19.3 Å². The van der Waals surface area contributed by atoms with Crippen LogP contribution in [0.25, 0.3) is 0 Å². The number of furan rings is 1. The van der Waals surface area contributed by atoms with Crippen LogP contribution in [0.4, 0.5) is 5.82 Å². The van der Waals surface area contributed by atoms with Crippen LogP contribution in [-0.4, -0.2) is 35.0 Å². The molecule has 29 heavy (non-hydrogen) atoms. The molecule has 1 aliphatic heterocycles. The molecule has 1 saturated heterocycles. The molecule has 4 rings (SSSR count). The molecule has 2 atom stereocenters. The molecule has 2 aromatic heterocycles. The van der Waals surface area contributed by atoms with E-state index in [2.05, 4.69) is 16.3 Å². The number of nitrogens with one attached hydrogen (secondary N) is 1. The van der Waals surface area contributed by atoms with Crippen molar-refractivity contribution in [1.82, 2.24) is 9.47 Å². The Labute approximate surface area is 172 Å². The lowest BCUT2D eigenvalue weighted by Gasteiger charge is -2.41. The van der Waals surface area contributed by atoms with Gasteiger partial charge < -0.3 is 14.3 Å². The van der Waals surface area contributed by atoms with Gasteiger partial charge in [0.15, 0.2) is 0 Å². The molecule has 0 bridgehead atoms. The number of anilines is 1. The molecule has 154 valence electrons. The second-order valence-electron chi connectivity index (χ2n) is 8.59. The third-order valence-electron chi connectivity index (χ3n) is 6.84. The lowest BCUT2D eigenvalue weighted by Crippen LogP contribution is -2.45. The summed E-state index contributed by atoms with van der Waals surface area (Å²) in [6, 6.07) is 6.02. The summed E-state index contributed by atoms with van der Waals surface area (Å²) in [5.74, 6) is 2.92. The lowest BCUT2D eigenvalue weighted by molar-refractivity contribution is -0.118. The van der Waals surface area contributed by atoms with Gasteiger partial charge in [0.25, 0.3) is 0 Å². The fraction of sp³-hybridized carbons (Fsp3) is 0.565. The summed E-state index contributed by atoms with van der Waals surface area (Å²) in [6.07, 6.45) is 8.18. The van der Waals surface area contributed by atoms with Gasteiger partial charge >= 0.3 is 0 Å². The Kier molecular flexibility index (Phi) is 5.77. The van der Waals surface area contributed by atoms with Crippen molar-refractivity contribution in [1.29, 1.82) is 5.26 Å². The van der Waals surface area contributed by atoms with E-state index in [1.165, 1.54) is 32.1 Å². The summed E-state index contributed by atoms with van der Waals surface area (Å²) >= 11 is 0. The minimum atomic E-state index is -0.0473. The average molecular weight is 395 g/mol. The van der Waals surface area contributed by atoms with Crippen LogP contribution in [-0.2, 0) is 11.3 Å². The van der Waals surface area contributed by atoms with Gasteiger partial charge in [-0.3, -0.25) is 9.69 Å². The van der Waals surface area contributed by atoms with E-state index in [0.717, 1.165) is 41.9 Å². The number of likely N-dealkylation sites (tertiary alicyclic amines) is 1. The SMILES string of the molecule is Cc1c(C#N)c(NC(=O)CN2CC[C@H]3CCCC[C@@H]3C2)n(Cc2ccco2)c1C. The van der Waals surface area contributed by atoms with E-state index >= 15 is 0 Å². The molecule has 0 aromatic carbocycles. The maximum Gasteiger partial charge on any atom is 0.239 e. The fourth-order valence-corrected chi connectivity index (χ4v) is 5.08. The van der Waals surface area contributed by atoms with Gasteiger partial charge in [-0.15, -0.1) is 0 Å². The standard InChI is InChI=1S/C23H30N4O2/c1-16-17(2)27(14-20-8-5-11-29-20)23(21(16)12-24)25-22(28)15-26-10-9-18-6-3-4-7-19(18)13-26/h5,8,11,18-19H,3-4,6-7,9-10,13-15H2,1-2H3,(H,25,28)/t18-,19-/m1/s1. The van der Waals surface area contributed by atoms with Crippen molar-refractivity contribution in [2.24, 2.45) is 11.8 Å². The Hall–Kier alpha value is -2.52. The molecule has 0 spiro atoms. The average Bonchev–Trinajstić information content (AvgIpc) is 3.31. The van der Waals surface area contributed by atoms with Crippen LogP contribution in [0.3, 0.4) is 0 Å². The number of carbonyl (C=O) groups excluding carboxylic acids is 1. The lowest BCUT2D eigenvalue weighted by atomic mass is 9.75. The first kappa shape index (κ1) is 19.8. The first-order chi connectivity index (χ1) is 14.1. The van der Waals surface area contributed by atoms with E-state index in [-0.39, 0.29) is 5.91 Å². The highest BCUT2D eigenvalue weighted by Gasteiger charge is 2.32. The van der Waals surface area contributed by atoms with E-state index in [0.29, 0.717) is 24.5 Å². The van der Waals surface area contributed by atoms with Crippen molar-refractivity contribution in [2.45, 2.75) is 52.5 Å². The largest absolute Gasteiger partial charge is 0.467 e. The Morgan fingerprint density at radius 1 is 1.28 bits per heavy atom. The number of rotatable bonds is 5. The van der Waals surface area contributed by atoms with Crippen LogP contribution in [0.15, 0.2) is 22.8 Å². The molecule has 6 heteroatoms. The van der Waals surface area contributed by atoms with Crippen LogP contribution in [0.2, 0.25) is 0 Å². The van der Waals surface area contributed by atoms with Crippen molar-refractivity contribution < 1.29 is 9.21 Å². The highest BCUT2D eigenvalue weighted by molar-refractivity contribution is 5.93. The molecule has 0 unspecified atom stereocenters. The zero-order valence-corrected chi connectivity index (χ0v) is 17.4. The number of hydrogen-bond acceptors (Lipinski definition) is 4. The van der Waals surface area contributed by atoms with E-state index in [9.17, 15) is 10.1 Å². The smallest absolute Gasteiger partial charge is 0.239 e. The monoisotopic (exact) mass is 394 g/mol. The normalized spacial score (nSPS) is 22.1. The molecule has 2 aliphatic rings. The third-order valence-corrected chi connectivity index (χ3v) is 6.84. The number of amides is 1. The summed E-state index contributed by atoms with van der Waals surface area (Å²) in [4.78, 5) is 15.2.